The molecule has 0 unspecified atom stereocenters. The molecule has 0 aliphatic heterocycles. The topological polar surface area (TPSA) is 42.7 Å². The highest BCUT2D eigenvalue weighted by Crippen LogP contribution is 2.26. The second kappa shape index (κ2) is 5.01. The standard InChI is InChI=1S/C14H16N4S/c1-10-3-4-12-11(9-10)17-14(19-12)16-6-5-13-15-7-8-18(13)2/h3-4,7-9H,5-6H2,1-2H3,(H,16,17). The van der Waals surface area contributed by atoms with Gasteiger partial charge in [0.25, 0.3) is 0 Å². The summed E-state index contributed by atoms with van der Waals surface area (Å²) in [6, 6.07) is 6.38. The average molecular weight is 272 g/mol. The minimum Gasteiger partial charge on any atom is -0.361 e. The van der Waals surface area contributed by atoms with E-state index in [1.165, 1.54) is 10.3 Å². The molecule has 0 radical (unpaired) electrons. The number of thiazole rings is 1. The summed E-state index contributed by atoms with van der Waals surface area (Å²) >= 11 is 1.70. The van der Waals surface area contributed by atoms with Gasteiger partial charge in [0, 0.05) is 32.4 Å². The molecule has 2 heterocycles. The molecule has 2 aromatic heterocycles. The van der Waals surface area contributed by atoms with Gasteiger partial charge in [-0.15, -0.1) is 0 Å². The molecule has 0 aliphatic carbocycles. The van der Waals surface area contributed by atoms with Gasteiger partial charge in [-0.25, -0.2) is 9.97 Å². The van der Waals surface area contributed by atoms with Crippen molar-refractivity contribution in [3.8, 4) is 0 Å². The lowest BCUT2D eigenvalue weighted by Gasteiger charge is -2.02. The van der Waals surface area contributed by atoms with Crippen LogP contribution in [0.2, 0.25) is 0 Å². The summed E-state index contributed by atoms with van der Waals surface area (Å²) in [5.41, 5.74) is 2.32. The summed E-state index contributed by atoms with van der Waals surface area (Å²) in [7, 11) is 2.02. The van der Waals surface area contributed by atoms with Gasteiger partial charge in [-0.3, -0.25) is 0 Å². The number of rotatable bonds is 4. The second-order valence-corrected chi connectivity index (χ2v) is 5.65. The molecule has 98 valence electrons. The largest absolute Gasteiger partial charge is 0.361 e. The quantitative estimate of drug-likeness (QED) is 0.794. The number of imidazole rings is 1. The highest BCUT2D eigenvalue weighted by atomic mass is 32.1. The van der Waals surface area contributed by atoms with Gasteiger partial charge in [-0.2, -0.15) is 0 Å². The molecule has 1 aromatic carbocycles. The number of hydrogen-bond acceptors (Lipinski definition) is 4. The van der Waals surface area contributed by atoms with E-state index in [4.69, 9.17) is 0 Å². The lowest BCUT2D eigenvalue weighted by molar-refractivity contribution is 0.789. The van der Waals surface area contributed by atoms with Crippen molar-refractivity contribution in [2.45, 2.75) is 13.3 Å². The van der Waals surface area contributed by atoms with Crippen LogP contribution in [0, 0.1) is 6.92 Å². The Morgan fingerprint density at radius 3 is 3.05 bits per heavy atom. The predicted molar refractivity (Wildman–Crippen MR) is 79.8 cm³/mol. The van der Waals surface area contributed by atoms with Crippen molar-refractivity contribution in [1.82, 2.24) is 14.5 Å². The third-order valence-electron chi connectivity index (χ3n) is 3.09. The Kier molecular flexibility index (Phi) is 3.21. The van der Waals surface area contributed by atoms with Gasteiger partial charge in [-0.05, 0) is 24.6 Å². The zero-order valence-corrected chi connectivity index (χ0v) is 11.9. The fourth-order valence-electron chi connectivity index (χ4n) is 2.03. The van der Waals surface area contributed by atoms with Gasteiger partial charge in [0.1, 0.15) is 5.82 Å². The Morgan fingerprint density at radius 1 is 1.37 bits per heavy atom. The number of aryl methyl sites for hydroxylation is 2. The van der Waals surface area contributed by atoms with Crippen LogP contribution in [0.5, 0.6) is 0 Å². The summed E-state index contributed by atoms with van der Waals surface area (Å²) in [5, 5.41) is 4.35. The molecule has 0 amide bonds. The monoisotopic (exact) mass is 272 g/mol. The normalized spacial score (nSPS) is 11.1. The van der Waals surface area contributed by atoms with Crippen LogP contribution in [0.15, 0.2) is 30.6 Å². The number of nitrogens with zero attached hydrogens (tertiary/aromatic N) is 3. The Balaban J connectivity index is 1.67. The van der Waals surface area contributed by atoms with Crippen LogP contribution in [-0.4, -0.2) is 21.1 Å². The SMILES string of the molecule is Cc1ccc2sc(NCCc3nccn3C)nc2c1. The minimum absolute atomic E-state index is 0.851. The molecule has 0 bridgehead atoms. The van der Waals surface area contributed by atoms with Gasteiger partial charge in [0.05, 0.1) is 10.2 Å². The molecule has 0 saturated carbocycles. The number of fused-ring (bicyclic) bond motifs is 1. The third kappa shape index (κ3) is 2.61. The van der Waals surface area contributed by atoms with Gasteiger partial charge in [0.2, 0.25) is 0 Å². The minimum atomic E-state index is 0.851. The average Bonchev–Trinajstić information content (AvgIpc) is 2.95. The summed E-state index contributed by atoms with van der Waals surface area (Å²) < 4.78 is 3.27. The molecule has 4 nitrogen and oxygen atoms in total. The molecule has 0 atom stereocenters. The number of benzene rings is 1. The van der Waals surface area contributed by atoms with E-state index in [9.17, 15) is 0 Å². The van der Waals surface area contributed by atoms with Crippen LogP contribution in [0.1, 0.15) is 11.4 Å². The molecule has 0 spiro atoms. The van der Waals surface area contributed by atoms with E-state index in [2.05, 4.69) is 40.4 Å². The molecule has 3 aromatic rings. The molecule has 0 fully saturated rings. The van der Waals surface area contributed by atoms with E-state index in [1.54, 1.807) is 11.3 Å². The first-order valence-corrected chi connectivity index (χ1v) is 7.11. The number of anilines is 1. The fraction of sp³-hybridized carbons (Fsp3) is 0.286. The van der Waals surface area contributed by atoms with E-state index in [0.717, 1.165) is 29.4 Å². The third-order valence-corrected chi connectivity index (χ3v) is 4.08. The number of hydrogen-bond donors (Lipinski definition) is 1. The van der Waals surface area contributed by atoms with E-state index < -0.39 is 0 Å². The Labute approximate surface area is 116 Å². The molecule has 3 rings (SSSR count). The fourth-order valence-corrected chi connectivity index (χ4v) is 2.90. The van der Waals surface area contributed by atoms with Crippen molar-refractivity contribution in [1.29, 1.82) is 0 Å². The number of nitrogens with one attached hydrogen (secondary N) is 1. The molecular formula is C14H16N4S. The first kappa shape index (κ1) is 12.2. The lowest BCUT2D eigenvalue weighted by Crippen LogP contribution is -2.08. The van der Waals surface area contributed by atoms with Gasteiger partial charge in [-0.1, -0.05) is 17.4 Å². The summed E-state index contributed by atoms with van der Waals surface area (Å²) in [6.07, 6.45) is 4.70. The maximum atomic E-state index is 4.60. The van der Waals surface area contributed by atoms with Crippen molar-refractivity contribution in [2.24, 2.45) is 7.05 Å². The van der Waals surface area contributed by atoms with Gasteiger partial charge in [0.15, 0.2) is 5.13 Å². The van der Waals surface area contributed by atoms with Crippen molar-refractivity contribution >= 4 is 26.7 Å². The first-order valence-electron chi connectivity index (χ1n) is 6.29. The van der Waals surface area contributed by atoms with E-state index >= 15 is 0 Å². The van der Waals surface area contributed by atoms with Gasteiger partial charge < -0.3 is 9.88 Å². The van der Waals surface area contributed by atoms with E-state index in [-0.39, 0.29) is 0 Å². The second-order valence-electron chi connectivity index (χ2n) is 4.62. The van der Waals surface area contributed by atoms with Crippen LogP contribution < -0.4 is 5.32 Å². The first-order chi connectivity index (χ1) is 9.22. The van der Waals surface area contributed by atoms with Crippen LogP contribution >= 0.6 is 11.3 Å². The van der Waals surface area contributed by atoms with Crippen LogP contribution in [-0.2, 0) is 13.5 Å². The predicted octanol–water partition coefficient (Wildman–Crippen LogP) is 2.99. The lowest BCUT2D eigenvalue weighted by atomic mass is 10.2. The summed E-state index contributed by atoms with van der Waals surface area (Å²) in [4.78, 5) is 8.90. The van der Waals surface area contributed by atoms with Crippen molar-refractivity contribution in [2.75, 3.05) is 11.9 Å². The highest BCUT2D eigenvalue weighted by molar-refractivity contribution is 7.22. The Bertz CT molecular complexity index is 698. The maximum absolute atomic E-state index is 4.60. The smallest absolute Gasteiger partial charge is 0.183 e. The van der Waals surface area contributed by atoms with Crippen molar-refractivity contribution in [3.63, 3.8) is 0 Å². The van der Waals surface area contributed by atoms with Crippen LogP contribution in [0.4, 0.5) is 5.13 Å². The zero-order valence-electron chi connectivity index (χ0n) is 11.1. The van der Waals surface area contributed by atoms with Crippen molar-refractivity contribution < 1.29 is 0 Å². The van der Waals surface area contributed by atoms with Crippen LogP contribution in [0.3, 0.4) is 0 Å². The molecule has 0 aliphatic rings. The maximum Gasteiger partial charge on any atom is 0.183 e. The highest BCUT2D eigenvalue weighted by Gasteiger charge is 2.04. The van der Waals surface area contributed by atoms with E-state index in [0.29, 0.717) is 0 Å². The van der Waals surface area contributed by atoms with Crippen molar-refractivity contribution in [3.05, 3.63) is 42.0 Å². The Morgan fingerprint density at radius 2 is 2.26 bits per heavy atom. The molecular weight excluding hydrogens is 256 g/mol. The van der Waals surface area contributed by atoms with Gasteiger partial charge >= 0.3 is 0 Å². The summed E-state index contributed by atoms with van der Waals surface area (Å²) in [6.45, 7) is 2.94. The number of aromatic nitrogens is 3. The molecule has 0 saturated heterocycles. The zero-order chi connectivity index (χ0) is 13.2. The van der Waals surface area contributed by atoms with Crippen LogP contribution in [0.25, 0.3) is 10.2 Å². The molecule has 5 heteroatoms. The molecule has 19 heavy (non-hydrogen) atoms. The molecule has 1 N–H and O–H groups in total. The van der Waals surface area contributed by atoms with E-state index in [1.807, 2.05) is 24.0 Å². The Hall–Kier alpha value is -1.88. The summed E-state index contributed by atoms with van der Waals surface area (Å²) in [5.74, 6) is 1.09.